The molecule has 1 aliphatic carbocycles. The van der Waals surface area contributed by atoms with Crippen molar-refractivity contribution in [3.8, 4) is 0 Å². The minimum absolute atomic E-state index is 0.773. The number of allylic oxidation sites excluding steroid dienone is 1. The van der Waals surface area contributed by atoms with Gasteiger partial charge >= 0.3 is 0 Å². The van der Waals surface area contributed by atoms with Crippen LogP contribution in [0, 0.1) is 0 Å². The van der Waals surface area contributed by atoms with Crippen molar-refractivity contribution in [3.63, 3.8) is 0 Å². The first-order valence-corrected chi connectivity index (χ1v) is 4.32. The fourth-order valence-corrected chi connectivity index (χ4v) is 1.69. The third-order valence-corrected chi connectivity index (χ3v) is 2.37. The van der Waals surface area contributed by atoms with E-state index in [4.69, 9.17) is 0 Å². The van der Waals surface area contributed by atoms with Crippen molar-refractivity contribution in [2.45, 2.75) is 31.8 Å². The molecule has 0 saturated heterocycles. The Hall–Kier alpha value is -0.820. The molecule has 1 atom stereocenters. The van der Waals surface area contributed by atoms with Crippen molar-refractivity contribution >= 4 is 0 Å². The highest BCUT2D eigenvalue weighted by atomic mass is 16.3. The Bertz CT molecular complexity index is 237. The zero-order valence-electron chi connectivity index (χ0n) is 7.64. The quantitative estimate of drug-likeness (QED) is 0.622. The molecule has 1 aliphatic rings. The van der Waals surface area contributed by atoms with Crippen LogP contribution >= 0.6 is 0 Å². The maximum absolute atomic E-state index is 10.1. The highest BCUT2D eigenvalue weighted by Crippen LogP contribution is 2.33. The van der Waals surface area contributed by atoms with Crippen LogP contribution in [0.15, 0.2) is 36.5 Å². The molecule has 0 aromatic carbocycles. The summed E-state index contributed by atoms with van der Waals surface area (Å²) in [5.74, 6) is 0. The van der Waals surface area contributed by atoms with Crippen LogP contribution in [0.1, 0.15) is 26.2 Å². The molecule has 12 heavy (non-hydrogen) atoms. The summed E-state index contributed by atoms with van der Waals surface area (Å²) in [5, 5.41) is 10.1. The average molecular weight is 164 g/mol. The highest BCUT2D eigenvalue weighted by molar-refractivity contribution is 5.39. The third kappa shape index (κ3) is 1.51. The monoisotopic (exact) mass is 164 g/mol. The Labute approximate surface area is 74.1 Å². The molecule has 1 rings (SSSR count). The lowest BCUT2D eigenvalue weighted by Crippen LogP contribution is -2.30. The van der Waals surface area contributed by atoms with Crippen molar-refractivity contribution in [2.24, 2.45) is 0 Å². The van der Waals surface area contributed by atoms with E-state index >= 15 is 0 Å². The normalized spacial score (nSPS) is 29.3. The van der Waals surface area contributed by atoms with E-state index in [0.717, 1.165) is 30.4 Å². The molecule has 1 N–H and O–H groups in total. The fraction of sp³-hybridized carbons (Fsp3) is 0.455. The molecule has 0 aromatic heterocycles. The van der Waals surface area contributed by atoms with Gasteiger partial charge in [0.05, 0.1) is 0 Å². The van der Waals surface area contributed by atoms with Gasteiger partial charge in [-0.15, -0.1) is 0 Å². The van der Waals surface area contributed by atoms with Crippen LogP contribution in [0.2, 0.25) is 0 Å². The van der Waals surface area contributed by atoms with Crippen LogP contribution in [0.3, 0.4) is 0 Å². The molecular formula is C11H16O. The Kier molecular flexibility index (Phi) is 2.53. The van der Waals surface area contributed by atoms with Crippen molar-refractivity contribution in [3.05, 3.63) is 36.5 Å². The van der Waals surface area contributed by atoms with E-state index in [9.17, 15) is 5.11 Å². The number of hydrogen-bond acceptors (Lipinski definition) is 1. The minimum Gasteiger partial charge on any atom is -0.381 e. The highest BCUT2D eigenvalue weighted by Gasteiger charge is 2.29. The lowest BCUT2D eigenvalue weighted by molar-refractivity contribution is 0.114. The minimum atomic E-state index is -0.815. The van der Waals surface area contributed by atoms with E-state index in [2.05, 4.69) is 19.2 Å². The Balaban J connectivity index is 3.00. The van der Waals surface area contributed by atoms with E-state index in [1.54, 1.807) is 6.08 Å². The summed E-state index contributed by atoms with van der Waals surface area (Å²) < 4.78 is 0. The maximum Gasteiger partial charge on any atom is 0.107 e. The Morgan fingerprint density at radius 3 is 2.83 bits per heavy atom. The molecule has 0 aromatic rings. The van der Waals surface area contributed by atoms with Gasteiger partial charge in [-0.3, -0.25) is 0 Å². The standard InChI is InChI=1S/C11H16O/c1-4-11(12)8-6-5-7-10(11)9(2)3/h4,7,12H,1-2,5-6,8H2,3H3/t11-/m1/s1. The van der Waals surface area contributed by atoms with Crippen molar-refractivity contribution in [2.75, 3.05) is 0 Å². The van der Waals surface area contributed by atoms with Crippen LogP contribution in [-0.4, -0.2) is 10.7 Å². The molecule has 0 amide bonds. The van der Waals surface area contributed by atoms with Crippen LogP contribution in [0.25, 0.3) is 0 Å². The van der Waals surface area contributed by atoms with Crippen LogP contribution < -0.4 is 0 Å². The van der Waals surface area contributed by atoms with Crippen LogP contribution in [0.4, 0.5) is 0 Å². The molecular weight excluding hydrogens is 148 g/mol. The molecule has 0 heterocycles. The second-order valence-electron chi connectivity index (χ2n) is 3.42. The molecule has 0 unspecified atom stereocenters. The summed E-state index contributed by atoms with van der Waals surface area (Å²) in [6.07, 6.45) is 6.52. The lowest BCUT2D eigenvalue weighted by Gasteiger charge is -2.31. The summed E-state index contributed by atoms with van der Waals surface area (Å²) in [7, 11) is 0. The first-order valence-electron chi connectivity index (χ1n) is 4.32. The van der Waals surface area contributed by atoms with Crippen molar-refractivity contribution in [1.82, 2.24) is 0 Å². The number of hydrogen-bond donors (Lipinski definition) is 1. The molecule has 1 nitrogen and oxygen atoms in total. The van der Waals surface area contributed by atoms with Crippen LogP contribution in [0.5, 0.6) is 0 Å². The Morgan fingerprint density at radius 2 is 2.42 bits per heavy atom. The molecule has 0 bridgehead atoms. The van der Waals surface area contributed by atoms with Crippen molar-refractivity contribution < 1.29 is 5.11 Å². The zero-order chi connectivity index (χ0) is 9.19. The van der Waals surface area contributed by atoms with E-state index in [0.29, 0.717) is 0 Å². The summed E-state index contributed by atoms with van der Waals surface area (Å²) >= 11 is 0. The predicted octanol–water partition coefficient (Wildman–Crippen LogP) is 2.59. The van der Waals surface area contributed by atoms with Gasteiger partial charge in [0, 0.05) is 0 Å². The fourth-order valence-electron chi connectivity index (χ4n) is 1.69. The molecule has 66 valence electrons. The summed E-state index contributed by atoms with van der Waals surface area (Å²) in [4.78, 5) is 0. The van der Waals surface area contributed by atoms with Crippen molar-refractivity contribution in [1.29, 1.82) is 0 Å². The van der Waals surface area contributed by atoms with Gasteiger partial charge < -0.3 is 5.11 Å². The first-order chi connectivity index (χ1) is 5.60. The second kappa shape index (κ2) is 3.28. The van der Waals surface area contributed by atoms with E-state index < -0.39 is 5.60 Å². The van der Waals surface area contributed by atoms with Crippen LogP contribution in [-0.2, 0) is 0 Å². The average Bonchev–Trinajstić information content (AvgIpc) is 2.05. The zero-order valence-corrected chi connectivity index (χ0v) is 7.64. The molecule has 0 fully saturated rings. The van der Waals surface area contributed by atoms with Gasteiger partial charge in [-0.25, -0.2) is 0 Å². The summed E-state index contributed by atoms with van der Waals surface area (Å²) in [6.45, 7) is 9.43. The second-order valence-corrected chi connectivity index (χ2v) is 3.42. The topological polar surface area (TPSA) is 20.2 Å². The van der Waals surface area contributed by atoms with Gasteiger partial charge in [-0.2, -0.15) is 0 Å². The maximum atomic E-state index is 10.1. The molecule has 0 saturated carbocycles. The van der Waals surface area contributed by atoms with E-state index in [-0.39, 0.29) is 0 Å². The number of rotatable bonds is 2. The molecule has 0 aliphatic heterocycles. The smallest absolute Gasteiger partial charge is 0.107 e. The summed E-state index contributed by atoms with van der Waals surface area (Å²) in [6, 6.07) is 0. The third-order valence-electron chi connectivity index (χ3n) is 2.37. The molecule has 1 heteroatoms. The SMILES string of the molecule is C=C[C@@]1(O)CCCC=C1C(=C)C. The molecule has 0 radical (unpaired) electrons. The molecule has 0 spiro atoms. The van der Waals surface area contributed by atoms with E-state index in [1.165, 1.54) is 0 Å². The van der Waals surface area contributed by atoms with Gasteiger partial charge in [0.2, 0.25) is 0 Å². The van der Waals surface area contributed by atoms with Gasteiger partial charge in [0.15, 0.2) is 0 Å². The van der Waals surface area contributed by atoms with Gasteiger partial charge in [0.25, 0.3) is 0 Å². The van der Waals surface area contributed by atoms with Gasteiger partial charge in [-0.05, 0) is 31.8 Å². The van der Waals surface area contributed by atoms with Gasteiger partial charge in [-0.1, -0.05) is 30.9 Å². The largest absolute Gasteiger partial charge is 0.381 e. The van der Waals surface area contributed by atoms with E-state index in [1.807, 2.05) is 6.92 Å². The Morgan fingerprint density at radius 1 is 1.75 bits per heavy atom. The van der Waals surface area contributed by atoms with Gasteiger partial charge in [0.1, 0.15) is 5.60 Å². The first kappa shape index (κ1) is 9.27. The predicted molar refractivity (Wildman–Crippen MR) is 51.9 cm³/mol. The number of aliphatic hydroxyl groups is 1. The lowest BCUT2D eigenvalue weighted by atomic mass is 9.80. The summed E-state index contributed by atoms with van der Waals surface area (Å²) in [5.41, 5.74) is 1.07.